The molecule has 0 spiro atoms. The highest BCUT2D eigenvalue weighted by Crippen LogP contribution is 2.32. The van der Waals surface area contributed by atoms with Crippen LogP contribution in [0.2, 0.25) is 0 Å². The van der Waals surface area contributed by atoms with Gasteiger partial charge in [-0.15, -0.1) is 0 Å². The molecule has 0 saturated heterocycles. The molecule has 3 aromatic rings. The van der Waals surface area contributed by atoms with E-state index in [4.69, 9.17) is 4.36 Å². The third kappa shape index (κ3) is 4.88. The van der Waals surface area contributed by atoms with E-state index in [1.165, 1.54) is 12.8 Å². The minimum atomic E-state index is -0.628. The second-order valence-corrected chi connectivity index (χ2v) is 11.1. The van der Waals surface area contributed by atoms with Crippen molar-refractivity contribution in [3.05, 3.63) is 87.6 Å². The Bertz CT molecular complexity index is 1210. The van der Waals surface area contributed by atoms with Crippen molar-refractivity contribution in [2.45, 2.75) is 86.1 Å². The smallest absolute Gasteiger partial charge is 0.274 e. The Balaban J connectivity index is 1.71. The van der Waals surface area contributed by atoms with Crippen LogP contribution in [0.1, 0.15) is 76.3 Å². The number of aromatic nitrogens is 2. The van der Waals surface area contributed by atoms with Crippen molar-refractivity contribution in [1.29, 1.82) is 0 Å². The molecule has 0 aliphatic heterocycles. The number of rotatable bonds is 5. The first-order valence-electron chi connectivity index (χ1n) is 12.7. The molecule has 5 nitrogen and oxygen atoms in total. The molecule has 0 radical (unpaired) electrons. The van der Waals surface area contributed by atoms with Crippen molar-refractivity contribution >= 4 is 16.5 Å². The lowest BCUT2D eigenvalue weighted by atomic mass is 9.94. The van der Waals surface area contributed by atoms with Crippen LogP contribution in [-0.4, -0.2) is 9.13 Å². The van der Waals surface area contributed by atoms with E-state index in [1.54, 1.807) is 10.6 Å². The molecule has 6 heteroatoms. The number of benzene rings is 2. The Labute approximate surface area is 203 Å². The van der Waals surface area contributed by atoms with Gasteiger partial charge in [0.1, 0.15) is 5.82 Å². The molecule has 0 bridgehead atoms. The summed E-state index contributed by atoms with van der Waals surface area (Å²) in [6, 6.07) is 22.1. The Morgan fingerprint density at radius 2 is 1.12 bits per heavy atom. The molecule has 1 heterocycles. The van der Waals surface area contributed by atoms with Gasteiger partial charge in [0.05, 0.1) is 0 Å². The lowest BCUT2D eigenvalue weighted by Gasteiger charge is -2.29. The van der Waals surface area contributed by atoms with Crippen LogP contribution in [0, 0.1) is 0 Å². The summed E-state index contributed by atoms with van der Waals surface area (Å²) in [6.07, 6.45) is 10.5. The molecule has 2 aliphatic carbocycles. The summed E-state index contributed by atoms with van der Waals surface area (Å²) in [4.78, 5) is 29.4. The van der Waals surface area contributed by atoms with Crippen molar-refractivity contribution in [1.82, 2.24) is 9.13 Å². The number of hydrogen-bond acceptors (Lipinski definition) is 3. The van der Waals surface area contributed by atoms with Gasteiger partial charge in [-0.05, 0) is 60.6 Å². The first kappa shape index (κ1) is 23.0. The standard InChI is InChI=1S/C28H33N3O2S/c32-27-21-26(29-34(24-17-9-3-10-18-24)25-19-11-4-12-20-25)30(22-13-5-1-6-14-22)28(33)31(27)23-15-7-2-8-16-23/h3-4,9-12,17-23H,1-2,5-8,13-16H2. The van der Waals surface area contributed by atoms with Crippen LogP contribution in [0.15, 0.2) is 90.5 Å². The van der Waals surface area contributed by atoms with E-state index >= 15 is 0 Å². The molecule has 2 fully saturated rings. The SMILES string of the molecule is O=c1cc(N=S(c2ccccc2)c2ccccc2)n(C2CCCCC2)c(=O)n1C1CCCCC1. The Morgan fingerprint density at radius 3 is 1.62 bits per heavy atom. The molecular formula is C28H33N3O2S. The normalized spacial score (nSPS) is 17.7. The zero-order valence-corrected chi connectivity index (χ0v) is 20.5. The van der Waals surface area contributed by atoms with Crippen molar-refractivity contribution in [3.8, 4) is 0 Å². The van der Waals surface area contributed by atoms with Gasteiger partial charge in [0, 0.05) is 27.9 Å². The zero-order valence-electron chi connectivity index (χ0n) is 19.6. The van der Waals surface area contributed by atoms with Gasteiger partial charge in [0.15, 0.2) is 0 Å². The number of nitrogens with zero attached hydrogens (tertiary/aromatic N) is 3. The van der Waals surface area contributed by atoms with E-state index in [-0.39, 0.29) is 23.3 Å². The molecule has 0 N–H and O–H groups in total. The third-order valence-electron chi connectivity index (χ3n) is 7.15. The second kappa shape index (κ2) is 10.7. The summed E-state index contributed by atoms with van der Waals surface area (Å²) in [5, 5.41) is 0. The van der Waals surface area contributed by atoms with Gasteiger partial charge in [-0.2, -0.15) is 4.36 Å². The van der Waals surface area contributed by atoms with Crippen LogP contribution in [0.25, 0.3) is 0 Å². The van der Waals surface area contributed by atoms with Crippen LogP contribution >= 0.6 is 0 Å². The quantitative estimate of drug-likeness (QED) is 0.419. The van der Waals surface area contributed by atoms with Gasteiger partial charge in [-0.3, -0.25) is 13.9 Å². The van der Waals surface area contributed by atoms with E-state index < -0.39 is 10.7 Å². The fourth-order valence-corrected chi connectivity index (χ4v) is 7.06. The molecule has 34 heavy (non-hydrogen) atoms. The summed E-state index contributed by atoms with van der Waals surface area (Å²) in [5.41, 5.74) is -0.359. The first-order valence-corrected chi connectivity index (χ1v) is 13.8. The Hall–Kier alpha value is -2.73. The van der Waals surface area contributed by atoms with Crippen molar-refractivity contribution < 1.29 is 0 Å². The van der Waals surface area contributed by atoms with Gasteiger partial charge in [0.25, 0.3) is 5.56 Å². The summed E-state index contributed by atoms with van der Waals surface area (Å²) in [6.45, 7) is 0. The van der Waals surface area contributed by atoms with E-state index in [1.807, 2.05) is 41.0 Å². The predicted octanol–water partition coefficient (Wildman–Crippen LogP) is 6.57. The van der Waals surface area contributed by atoms with Gasteiger partial charge in [-0.25, -0.2) is 4.79 Å². The average molecular weight is 476 g/mol. The number of hydrogen-bond donors (Lipinski definition) is 0. The van der Waals surface area contributed by atoms with E-state index in [0.717, 1.165) is 61.2 Å². The Kier molecular flexibility index (Phi) is 7.24. The molecule has 2 saturated carbocycles. The molecule has 2 aliphatic rings. The maximum absolute atomic E-state index is 13.9. The largest absolute Gasteiger partial charge is 0.333 e. The lowest BCUT2D eigenvalue weighted by Crippen LogP contribution is -2.43. The predicted molar refractivity (Wildman–Crippen MR) is 138 cm³/mol. The Morgan fingerprint density at radius 1 is 0.647 bits per heavy atom. The summed E-state index contributed by atoms with van der Waals surface area (Å²) < 4.78 is 8.59. The zero-order chi connectivity index (χ0) is 23.3. The first-order chi connectivity index (χ1) is 16.7. The van der Waals surface area contributed by atoms with Gasteiger partial charge in [-0.1, -0.05) is 74.9 Å². The van der Waals surface area contributed by atoms with Crippen LogP contribution < -0.4 is 11.2 Å². The molecular weight excluding hydrogens is 442 g/mol. The van der Waals surface area contributed by atoms with E-state index in [9.17, 15) is 9.59 Å². The second-order valence-electron chi connectivity index (χ2n) is 9.45. The highest BCUT2D eigenvalue weighted by atomic mass is 32.2. The fraction of sp³-hybridized carbons (Fsp3) is 0.429. The molecule has 0 atom stereocenters. The fourth-order valence-electron chi connectivity index (χ4n) is 5.42. The topological polar surface area (TPSA) is 56.4 Å². The van der Waals surface area contributed by atoms with Crippen molar-refractivity contribution in [2.24, 2.45) is 4.36 Å². The molecule has 2 aromatic carbocycles. The van der Waals surface area contributed by atoms with Crippen LogP contribution in [-0.2, 0) is 10.7 Å². The monoisotopic (exact) mass is 475 g/mol. The highest BCUT2D eigenvalue weighted by molar-refractivity contribution is 7.87. The molecule has 0 unspecified atom stereocenters. The minimum absolute atomic E-state index is 0.0131. The lowest BCUT2D eigenvalue weighted by molar-refractivity contribution is 0.302. The van der Waals surface area contributed by atoms with Crippen LogP contribution in [0.5, 0.6) is 0 Å². The molecule has 0 amide bonds. The van der Waals surface area contributed by atoms with Crippen LogP contribution in [0.3, 0.4) is 0 Å². The summed E-state index contributed by atoms with van der Waals surface area (Å²) in [7, 11) is -0.628. The summed E-state index contributed by atoms with van der Waals surface area (Å²) in [5.74, 6) is 0.532. The average Bonchev–Trinajstić information content (AvgIpc) is 2.89. The van der Waals surface area contributed by atoms with Gasteiger partial charge in [0.2, 0.25) is 0 Å². The van der Waals surface area contributed by atoms with E-state index in [0.29, 0.717) is 5.82 Å². The van der Waals surface area contributed by atoms with Crippen molar-refractivity contribution in [2.75, 3.05) is 0 Å². The molecule has 1 aromatic heterocycles. The van der Waals surface area contributed by atoms with Crippen molar-refractivity contribution in [3.63, 3.8) is 0 Å². The summed E-state index contributed by atoms with van der Waals surface area (Å²) >= 11 is 0. The maximum Gasteiger partial charge on any atom is 0.333 e. The third-order valence-corrected chi connectivity index (χ3v) is 8.95. The molecule has 5 rings (SSSR count). The van der Waals surface area contributed by atoms with E-state index in [2.05, 4.69) is 24.3 Å². The molecule has 178 valence electrons. The maximum atomic E-state index is 13.9. The van der Waals surface area contributed by atoms with Crippen LogP contribution in [0.4, 0.5) is 5.82 Å². The van der Waals surface area contributed by atoms with Gasteiger partial charge < -0.3 is 0 Å². The van der Waals surface area contributed by atoms with Gasteiger partial charge >= 0.3 is 5.69 Å². The highest BCUT2D eigenvalue weighted by Gasteiger charge is 2.26. The minimum Gasteiger partial charge on any atom is -0.274 e.